The summed E-state index contributed by atoms with van der Waals surface area (Å²) in [6.45, 7) is 8.61. The van der Waals surface area contributed by atoms with Crippen molar-refractivity contribution < 1.29 is 28.5 Å². The molecule has 46 heavy (non-hydrogen) atoms. The van der Waals surface area contributed by atoms with Crippen LogP contribution in [0.15, 0.2) is 86.2 Å². The summed E-state index contributed by atoms with van der Waals surface area (Å²) in [6, 6.07) is 18.0. The maximum atomic E-state index is 14.2. The molecule has 0 amide bonds. The molecule has 240 valence electrons. The van der Waals surface area contributed by atoms with Gasteiger partial charge >= 0.3 is 5.97 Å². The molecule has 0 N–H and O–H groups in total. The number of carbonyl (C=O) groups excluding carboxylic acids is 1. The van der Waals surface area contributed by atoms with E-state index < -0.39 is 12.0 Å². The third kappa shape index (κ3) is 6.90. The average molecular weight is 708 g/mol. The molecule has 0 unspecified atom stereocenters. The van der Waals surface area contributed by atoms with Crippen molar-refractivity contribution in [3.63, 3.8) is 0 Å². The lowest BCUT2D eigenvalue weighted by Crippen LogP contribution is -2.40. The van der Waals surface area contributed by atoms with E-state index in [2.05, 4.69) is 20.9 Å². The van der Waals surface area contributed by atoms with Gasteiger partial charge in [0.05, 0.1) is 42.7 Å². The summed E-state index contributed by atoms with van der Waals surface area (Å²) in [4.78, 5) is 32.7. The van der Waals surface area contributed by atoms with Crippen molar-refractivity contribution in [2.45, 2.75) is 40.3 Å². The molecule has 0 saturated carbocycles. The molecule has 0 aliphatic carbocycles. The number of para-hydroxylation sites is 1. The number of hydrogen-bond acceptors (Lipinski definition) is 9. The third-order valence-corrected chi connectivity index (χ3v) is 8.71. The fourth-order valence-corrected chi connectivity index (χ4v) is 6.50. The number of hydrogen-bond donors (Lipinski definition) is 0. The van der Waals surface area contributed by atoms with E-state index >= 15 is 0 Å². The standard InChI is InChI=1S/C35H35BrN2O7S/c1-6-42-28-18-23(14-17-26(28)45-20-22-12-15-24(36)16-13-22)19-29-33(39)38-31(25-10-9-11-27(41-5)32(25)43-7-2)30(34(40)44-8-3)21(4)37-35(38)46-29/h9-19,31H,6-8,20H2,1-5H3/b29-19+/t31-/m0/s1. The van der Waals surface area contributed by atoms with Gasteiger partial charge in [0, 0.05) is 10.0 Å². The number of methoxy groups -OCH3 is 1. The highest BCUT2D eigenvalue weighted by molar-refractivity contribution is 9.10. The molecular formula is C35H35BrN2O7S. The smallest absolute Gasteiger partial charge is 0.338 e. The van der Waals surface area contributed by atoms with Crippen LogP contribution in [-0.2, 0) is 16.1 Å². The topological polar surface area (TPSA) is 97.6 Å². The first-order chi connectivity index (χ1) is 22.3. The summed E-state index contributed by atoms with van der Waals surface area (Å²) in [6.07, 6.45) is 1.79. The Kier molecular flexibility index (Phi) is 10.6. The molecule has 0 bridgehead atoms. The molecule has 9 nitrogen and oxygen atoms in total. The molecule has 5 rings (SSSR count). The summed E-state index contributed by atoms with van der Waals surface area (Å²) in [5.74, 6) is 1.55. The lowest BCUT2D eigenvalue weighted by molar-refractivity contribution is -0.139. The second-order valence-corrected chi connectivity index (χ2v) is 12.1. The summed E-state index contributed by atoms with van der Waals surface area (Å²) < 4.78 is 32.0. The zero-order valence-electron chi connectivity index (χ0n) is 26.3. The van der Waals surface area contributed by atoms with Crippen LogP contribution in [0.5, 0.6) is 23.0 Å². The number of rotatable bonds is 12. The third-order valence-electron chi connectivity index (χ3n) is 7.20. The molecule has 3 aromatic carbocycles. The SMILES string of the molecule is CCOC(=O)C1=C(C)N=c2s/c(=C/c3ccc(OCc4ccc(Br)cc4)c(OCC)c3)c(=O)n2[C@H]1c1cccc(OC)c1OCC. The van der Waals surface area contributed by atoms with Crippen LogP contribution in [0.4, 0.5) is 0 Å². The Labute approximate surface area is 279 Å². The molecule has 1 aliphatic heterocycles. The molecule has 0 saturated heterocycles. The highest BCUT2D eigenvalue weighted by Gasteiger charge is 2.36. The minimum Gasteiger partial charge on any atom is -0.493 e. The van der Waals surface area contributed by atoms with Crippen LogP contribution in [0.25, 0.3) is 6.08 Å². The summed E-state index contributed by atoms with van der Waals surface area (Å²) in [7, 11) is 1.55. The fraction of sp³-hybridized carbons (Fsp3) is 0.286. The van der Waals surface area contributed by atoms with Crippen molar-refractivity contribution in [3.8, 4) is 23.0 Å². The van der Waals surface area contributed by atoms with E-state index in [-0.39, 0.29) is 17.7 Å². The van der Waals surface area contributed by atoms with Crippen molar-refractivity contribution in [2.24, 2.45) is 4.99 Å². The van der Waals surface area contributed by atoms with E-state index in [9.17, 15) is 9.59 Å². The molecule has 4 aromatic rings. The number of ether oxygens (including phenoxy) is 5. The van der Waals surface area contributed by atoms with E-state index in [0.717, 1.165) is 15.6 Å². The molecule has 1 aromatic heterocycles. The van der Waals surface area contributed by atoms with Crippen LogP contribution in [0.3, 0.4) is 0 Å². The molecule has 1 aliphatic rings. The lowest BCUT2D eigenvalue weighted by Gasteiger charge is -2.26. The minimum absolute atomic E-state index is 0.175. The van der Waals surface area contributed by atoms with Gasteiger partial charge in [0.2, 0.25) is 0 Å². The van der Waals surface area contributed by atoms with E-state index in [4.69, 9.17) is 23.7 Å². The number of nitrogens with zero attached hydrogens (tertiary/aromatic N) is 2. The molecule has 0 fully saturated rings. The quantitative estimate of drug-likeness (QED) is 0.168. The predicted octanol–water partition coefficient (Wildman–Crippen LogP) is 5.95. The largest absolute Gasteiger partial charge is 0.493 e. The number of esters is 1. The van der Waals surface area contributed by atoms with Crippen molar-refractivity contribution in [1.82, 2.24) is 4.57 Å². The van der Waals surface area contributed by atoms with Crippen LogP contribution in [-0.4, -0.2) is 37.5 Å². The van der Waals surface area contributed by atoms with Gasteiger partial charge in [0.1, 0.15) is 12.6 Å². The van der Waals surface area contributed by atoms with Crippen LogP contribution in [0.1, 0.15) is 50.4 Å². The van der Waals surface area contributed by atoms with Gasteiger partial charge in [-0.15, -0.1) is 0 Å². The van der Waals surface area contributed by atoms with Crippen LogP contribution in [0.2, 0.25) is 0 Å². The first-order valence-electron chi connectivity index (χ1n) is 14.9. The normalized spacial score (nSPS) is 14.4. The van der Waals surface area contributed by atoms with Crippen LogP contribution >= 0.6 is 27.3 Å². The number of aromatic nitrogens is 1. The number of benzene rings is 3. The lowest BCUT2D eigenvalue weighted by atomic mass is 9.94. The molecular weight excluding hydrogens is 672 g/mol. The van der Waals surface area contributed by atoms with E-state index in [1.54, 1.807) is 39.2 Å². The maximum Gasteiger partial charge on any atom is 0.338 e. The first-order valence-corrected chi connectivity index (χ1v) is 16.5. The Hall–Kier alpha value is -4.35. The van der Waals surface area contributed by atoms with Gasteiger partial charge < -0.3 is 23.7 Å². The van der Waals surface area contributed by atoms with Crippen LogP contribution in [0, 0.1) is 0 Å². The minimum atomic E-state index is -0.845. The molecule has 0 spiro atoms. The Bertz CT molecular complexity index is 1950. The molecule has 11 heteroatoms. The zero-order chi connectivity index (χ0) is 32.8. The van der Waals surface area contributed by atoms with Crippen molar-refractivity contribution >= 4 is 39.3 Å². The number of thiazole rings is 1. The fourth-order valence-electron chi connectivity index (χ4n) is 5.19. The van der Waals surface area contributed by atoms with Gasteiger partial charge in [-0.25, -0.2) is 9.79 Å². The van der Waals surface area contributed by atoms with Gasteiger partial charge in [-0.3, -0.25) is 9.36 Å². The summed E-state index contributed by atoms with van der Waals surface area (Å²) in [5, 5.41) is 0. The number of fused-ring (bicyclic) bond motifs is 1. The Morgan fingerprint density at radius 3 is 2.41 bits per heavy atom. The Morgan fingerprint density at radius 1 is 0.957 bits per heavy atom. The van der Waals surface area contributed by atoms with Crippen molar-refractivity contribution in [2.75, 3.05) is 26.9 Å². The highest BCUT2D eigenvalue weighted by Crippen LogP contribution is 2.41. The first kappa shape index (κ1) is 33.0. The highest BCUT2D eigenvalue weighted by atomic mass is 79.9. The van der Waals surface area contributed by atoms with Gasteiger partial charge in [-0.05, 0) is 75.2 Å². The average Bonchev–Trinajstić information content (AvgIpc) is 3.35. The van der Waals surface area contributed by atoms with Gasteiger partial charge in [0.25, 0.3) is 5.56 Å². The summed E-state index contributed by atoms with van der Waals surface area (Å²) >= 11 is 4.70. The zero-order valence-corrected chi connectivity index (χ0v) is 28.7. The molecule has 0 radical (unpaired) electrons. The molecule has 2 heterocycles. The van der Waals surface area contributed by atoms with Crippen molar-refractivity contribution in [1.29, 1.82) is 0 Å². The Morgan fingerprint density at radius 2 is 1.72 bits per heavy atom. The predicted molar refractivity (Wildman–Crippen MR) is 181 cm³/mol. The van der Waals surface area contributed by atoms with Crippen LogP contribution < -0.4 is 33.8 Å². The van der Waals surface area contributed by atoms with Gasteiger partial charge in [-0.1, -0.05) is 57.6 Å². The van der Waals surface area contributed by atoms with Gasteiger partial charge in [-0.2, -0.15) is 0 Å². The van der Waals surface area contributed by atoms with E-state index in [1.807, 2.05) is 62.4 Å². The maximum absolute atomic E-state index is 14.2. The summed E-state index contributed by atoms with van der Waals surface area (Å²) in [5.41, 5.74) is 2.79. The van der Waals surface area contributed by atoms with E-state index in [0.29, 0.717) is 63.4 Å². The van der Waals surface area contributed by atoms with Gasteiger partial charge in [0.15, 0.2) is 27.8 Å². The monoisotopic (exact) mass is 706 g/mol. The van der Waals surface area contributed by atoms with Crippen molar-refractivity contribution in [3.05, 3.63) is 113 Å². The second-order valence-electron chi connectivity index (χ2n) is 10.2. The Balaban J connectivity index is 1.60. The molecule has 1 atom stereocenters. The number of carbonyl (C=O) groups is 1. The van der Waals surface area contributed by atoms with E-state index in [1.165, 1.54) is 15.9 Å². The number of halogens is 1. The second kappa shape index (κ2) is 14.8. The number of allylic oxidation sites excluding steroid dienone is 1.